The molecular weight excluding hydrogens is 456 g/mol. The lowest BCUT2D eigenvalue weighted by molar-refractivity contribution is -0.277. The molecule has 2 aliphatic rings. The zero-order valence-corrected chi connectivity index (χ0v) is 19.6. The van der Waals surface area contributed by atoms with Crippen LogP contribution in [-0.2, 0) is 52.5 Å². The second-order valence-corrected chi connectivity index (χ2v) is 7.88. The average Bonchev–Trinajstić information content (AvgIpc) is 3.04. The van der Waals surface area contributed by atoms with E-state index in [1.807, 2.05) is 0 Å². The molecule has 13 nitrogen and oxygen atoms in total. The molecule has 0 aliphatic carbocycles. The van der Waals surface area contributed by atoms with Crippen LogP contribution in [0.25, 0.3) is 0 Å². The van der Waals surface area contributed by atoms with Crippen LogP contribution >= 0.6 is 0 Å². The zero-order valence-electron chi connectivity index (χ0n) is 19.6. The van der Waals surface area contributed by atoms with Crippen LogP contribution in [-0.4, -0.2) is 90.9 Å². The molecule has 34 heavy (non-hydrogen) atoms. The number of hydrogen-bond acceptors (Lipinski definition) is 11. The van der Waals surface area contributed by atoms with Gasteiger partial charge in [0.05, 0.1) is 6.61 Å². The molecule has 0 spiro atoms. The maximum absolute atomic E-state index is 11.9. The summed E-state index contributed by atoms with van der Waals surface area (Å²) in [6.07, 6.45) is -4.06. The Bertz CT molecular complexity index is 799. The van der Waals surface area contributed by atoms with Crippen molar-refractivity contribution in [3.05, 3.63) is 0 Å². The highest BCUT2D eigenvalue weighted by Crippen LogP contribution is 2.28. The summed E-state index contributed by atoms with van der Waals surface area (Å²) >= 11 is 0. The number of nitrogens with one attached hydrogen (secondary N) is 1. The summed E-state index contributed by atoms with van der Waals surface area (Å²) in [4.78, 5) is 71.4. The second-order valence-electron chi connectivity index (χ2n) is 7.88. The molecule has 2 aliphatic heterocycles. The first kappa shape index (κ1) is 27.2. The molecule has 2 fully saturated rings. The van der Waals surface area contributed by atoms with Gasteiger partial charge in [0.2, 0.25) is 17.7 Å². The molecule has 2 heterocycles. The van der Waals surface area contributed by atoms with Crippen molar-refractivity contribution < 1.29 is 52.5 Å². The van der Waals surface area contributed by atoms with Crippen molar-refractivity contribution in [2.45, 2.75) is 77.6 Å². The van der Waals surface area contributed by atoms with E-state index in [0.717, 1.165) is 18.7 Å². The lowest BCUT2D eigenvalue weighted by atomic mass is 9.96. The molecule has 0 aromatic heterocycles. The monoisotopic (exact) mass is 486 g/mol. The van der Waals surface area contributed by atoms with Crippen molar-refractivity contribution >= 4 is 35.6 Å². The van der Waals surface area contributed by atoms with Crippen molar-refractivity contribution in [3.63, 3.8) is 0 Å². The van der Waals surface area contributed by atoms with Crippen LogP contribution in [0.4, 0.5) is 0 Å². The quantitative estimate of drug-likeness (QED) is 0.178. The van der Waals surface area contributed by atoms with Crippen molar-refractivity contribution in [3.8, 4) is 0 Å². The molecule has 3 amide bonds. The van der Waals surface area contributed by atoms with Gasteiger partial charge in [0.25, 0.3) is 0 Å². The van der Waals surface area contributed by atoms with Gasteiger partial charge in [0.15, 0.2) is 18.5 Å². The van der Waals surface area contributed by atoms with E-state index < -0.39 is 54.5 Å². The minimum absolute atomic E-state index is 0.0170. The van der Waals surface area contributed by atoms with Gasteiger partial charge >= 0.3 is 17.9 Å². The van der Waals surface area contributed by atoms with Crippen molar-refractivity contribution in [1.29, 1.82) is 0 Å². The van der Waals surface area contributed by atoms with Crippen LogP contribution in [0.3, 0.4) is 0 Å². The number of ether oxygens (including phenoxy) is 5. The van der Waals surface area contributed by atoms with Gasteiger partial charge in [-0.15, -0.1) is 0 Å². The Kier molecular flexibility index (Phi) is 9.93. The second kappa shape index (κ2) is 12.4. The van der Waals surface area contributed by atoms with Gasteiger partial charge in [-0.2, -0.15) is 0 Å². The van der Waals surface area contributed by atoms with E-state index in [4.69, 9.17) is 23.7 Å². The summed E-state index contributed by atoms with van der Waals surface area (Å²) in [5.41, 5.74) is 0. The third-order valence-electron chi connectivity index (χ3n) is 5.03. The smallest absolute Gasteiger partial charge is 0.303 e. The van der Waals surface area contributed by atoms with Crippen LogP contribution < -0.4 is 5.32 Å². The molecule has 5 unspecified atom stereocenters. The number of esters is 3. The van der Waals surface area contributed by atoms with Crippen molar-refractivity contribution in [2.75, 3.05) is 19.8 Å². The molecule has 1 N–H and O–H groups in total. The SMILES string of the molecule is CC(=O)NC1C(OCCCN2C(=O)CCC2=O)OC(COC(C)=O)C(OC(C)=O)C1OC(C)=O. The fourth-order valence-electron chi connectivity index (χ4n) is 3.73. The predicted molar refractivity (Wildman–Crippen MR) is 111 cm³/mol. The minimum atomic E-state index is -1.22. The third-order valence-corrected chi connectivity index (χ3v) is 5.03. The van der Waals surface area contributed by atoms with E-state index in [1.54, 1.807) is 0 Å². The van der Waals surface area contributed by atoms with E-state index in [9.17, 15) is 28.8 Å². The van der Waals surface area contributed by atoms with Gasteiger partial charge < -0.3 is 29.0 Å². The summed E-state index contributed by atoms with van der Waals surface area (Å²) < 4.78 is 27.3. The number of rotatable bonds is 10. The van der Waals surface area contributed by atoms with Crippen LogP contribution in [0.1, 0.15) is 47.0 Å². The highest BCUT2D eigenvalue weighted by atomic mass is 16.7. The minimum Gasteiger partial charge on any atom is -0.463 e. The zero-order chi connectivity index (χ0) is 25.4. The topological polar surface area (TPSA) is 164 Å². The van der Waals surface area contributed by atoms with E-state index in [0.29, 0.717) is 0 Å². The molecule has 0 aromatic carbocycles. The van der Waals surface area contributed by atoms with Gasteiger partial charge in [-0.05, 0) is 6.42 Å². The van der Waals surface area contributed by atoms with Gasteiger partial charge in [-0.3, -0.25) is 33.7 Å². The number of carbonyl (C=O) groups is 6. The summed E-state index contributed by atoms with van der Waals surface area (Å²) in [7, 11) is 0. The Balaban J connectivity index is 2.20. The third kappa shape index (κ3) is 7.76. The molecule has 190 valence electrons. The summed E-state index contributed by atoms with van der Waals surface area (Å²) in [5, 5.41) is 2.59. The summed E-state index contributed by atoms with van der Waals surface area (Å²) in [6.45, 7) is 4.53. The van der Waals surface area contributed by atoms with Gasteiger partial charge in [0, 0.05) is 47.1 Å². The Labute approximate surface area is 196 Å². The molecule has 2 rings (SSSR count). The Morgan fingerprint density at radius 3 is 2.06 bits per heavy atom. The van der Waals surface area contributed by atoms with Gasteiger partial charge in [-0.1, -0.05) is 0 Å². The predicted octanol–water partition coefficient (Wildman–Crippen LogP) is -0.802. The fraction of sp³-hybridized carbons (Fsp3) is 0.714. The number of carbonyl (C=O) groups excluding carboxylic acids is 6. The molecule has 13 heteroatoms. The number of hydrogen-bond donors (Lipinski definition) is 1. The van der Waals surface area contributed by atoms with E-state index in [-0.39, 0.29) is 50.8 Å². The maximum atomic E-state index is 11.9. The molecule has 0 bridgehead atoms. The highest BCUT2D eigenvalue weighted by Gasteiger charge is 2.51. The van der Waals surface area contributed by atoms with Crippen molar-refractivity contribution in [2.24, 2.45) is 0 Å². The van der Waals surface area contributed by atoms with Crippen LogP contribution in [0, 0.1) is 0 Å². The standard InChI is InChI=1S/C21H30N2O11/c1-11(24)22-18-20(33-14(4)27)19(32-13(3)26)15(10-31-12(2)25)34-21(18)30-9-5-8-23-16(28)6-7-17(23)29/h15,18-21H,5-10H2,1-4H3,(H,22,24). The number of imide groups is 1. The van der Waals surface area contributed by atoms with Gasteiger partial charge in [-0.25, -0.2) is 0 Å². The maximum Gasteiger partial charge on any atom is 0.303 e. The van der Waals surface area contributed by atoms with Crippen LogP contribution in [0.5, 0.6) is 0 Å². The summed E-state index contributed by atoms with van der Waals surface area (Å²) in [5.74, 6) is -3.04. The average molecular weight is 486 g/mol. The number of nitrogens with zero attached hydrogens (tertiary/aromatic N) is 1. The molecule has 0 radical (unpaired) electrons. The molecule has 0 aromatic rings. The molecule has 5 atom stereocenters. The normalized spacial score (nSPS) is 26.7. The Hall–Kier alpha value is -3.06. The Morgan fingerprint density at radius 2 is 1.53 bits per heavy atom. The molecular formula is C21H30N2O11. The van der Waals surface area contributed by atoms with E-state index in [2.05, 4.69) is 5.32 Å². The molecule has 2 saturated heterocycles. The fourth-order valence-corrected chi connectivity index (χ4v) is 3.73. The van der Waals surface area contributed by atoms with Crippen LogP contribution in [0.15, 0.2) is 0 Å². The lowest BCUT2D eigenvalue weighted by Crippen LogP contribution is -2.66. The number of amides is 3. The van der Waals surface area contributed by atoms with E-state index >= 15 is 0 Å². The molecule has 0 saturated carbocycles. The summed E-state index contributed by atoms with van der Waals surface area (Å²) in [6, 6.07) is -1.07. The van der Waals surface area contributed by atoms with Crippen LogP contribution in [0.2, 0.25) is 0 Å². The highest BCUT2D eigenvalue weighted by molar-refractivity contribution is 6.01. The first-order valence-electron chi connectivity index (χ1n) is 10.8. The Morgan fingerprint density at radius 1 is 0.941 bits per heavy atom. The lowest BCUT2D eigenvalue weighted by Gasteiger charge is -2.45. The first-order valence-corrected chi connectivity index (χ1v) is 10.8. The van der Waals surface area contributed by atoms with Gasteiger partial charge in [0.1, 0.15) is 18.8 Å². The number of likely N-dealkylation sites (tertiary alicyclic amines) is 1. The first-order chi connectivity index (χ1) is 16.0. The van der Waals surface area contributed by atoms with Crippen molar-refractivity contribution in [1.82, 2.24) is 10.2 Å². The largest absolute Gasteiger partial charge is 0.463 e. The van der Waals surface area contributed by atoms with E-state index in [1.165, 1.54) is 13.8 Å².